The zero-order valence-electron chi connectivity index (χ0n) is 14.7. The highest BCUT2D eigenvalue weighted by molar-refractivity contribution is 7.80. The van der Waals surface area contributed by atoms with Gasteiger partial charge in [0.05, 0.1) is 5.69 Å². The molecular weight excluding hydrogens is 346 g/mol. The van der Waals surface area contributed by atoms with Crippen LogP contribution in [0.25, 0.3) is 0 Å². The number of nitrogens with zero attached hydrogens (tertiary/aromatic N) is 2. The maximum absolute atomic E-state index is 13.5. The first-order chi connectivity index (χ1) is 12.4. The third-order valence-corrected chi connectivity index (χ3v) is 5.42. The quantitative estimate of drug-likeness (QED) is 0.623. The Bertz CT molecular complexity index is 928. The maximum atomic E-state index is 13.5. The summed E-state index contributed by atoms with van der Waals surface area (Å²) in [7, 11) is 1.91. The van der Waals surface area contributed by atoms with Crippen molar-refractivity contribution in [2.45, 2.75) is 13.3 Å². The summed E-state index contributed by atoms with van der Waals surface area (Å²) in [6, 6.07) is 15.3. The van der Waals surface area contributed by atoms with Crippen LogP contribution in [0.1, 0.15) is 11.1 Å². The van der Waals surface area contributed by atoms with E-state index in [-0.39, 0.29) is 16.9 Å². The Balaban J connectivity index is 1.81. The van der Waals surface area contributed by atoms with Crippen molar-refractivity contribution in [2.75, 3.05) is 23.4 Å². The number of thiocarbonyl (C=S) groups is 1. The first-order valence-corrected chi connectivity index (χ1v) is 8.89. The number of hydrogen-bond acceptors (Lipinski definition) is 4. The van der Waals surface area contributed by atoms with Crippen molar-refractivity contribution in [3.63, 3.8) is 0 Å². The largest absolute Gasteiger partial charge is 0.373 e. The number of anilines is 2. The van der Waals surface area contributed by atoms with Gasteiger partial charge in [-0.25, -0.2) is 0 Å². The number of carbonyl (C=O) groups is 2. The Morgan fingerprint density at radius 1 is 1.12 bits per heavy atom. The molecule has 2 amide bonds. The number of aryl methyl sites for hydroxylation is 1. The van der Waals surface area contributed by atoms with Crippen molar-refractivity contribution in [2.24, 2.45) is 5.41 Å². The molecule has 0 bridgehead atoms. The second kappa shape index (κ2) is 5.92. The molecule has 4 rings (SSSR count). The number of carbonyl (C=O) groups excluding carboxylic acids is 2. The van der Waals surface area contributed by atoms with Gasteiger partial charge in [-0.1, -0.05) is 35.9 Å². The van der Waals surface area contributed by atoms with Gasteiger partial charge >= 0.3 is 0 Å². The van der Waals surface area contributed by atoms with Gasteiger partial charge in [-0.2, -0.15) is 0 Å². The molecule has 1 saturated heterocycles. The first kappa shape index (κ1) is 16.7. The molecule has 0 saturated carbocycles. The van der Waals surface area contributed by atoms with Crippen molar-refractivity contribution < 1.29 is 9.59 Å². The number of hydrogen-bond donors (Lipinski definition) is 1. The van der Waals surface area contributed by atoms with Gasteiger partial charge in [-0.3, -0.25) is 14.5 Å². The summed E-state index contributed by atoms with van der Waals surface area (Å²) in [5.74, 6) is -0.588. The molecule has 2 heterocycles. The molecule has 1 spiro atoms. The third-order valence-electron chi connectivity index (χ3n) is 5.13. The highest BCUT2D eigenvalue weighted by Gasteiger charge is 2.55. The zero-order valence-corrected chi connectivity index (χ0v) is 15.5. The Labute approximate surface area is 157 Å². The number of amides is 2. The number of nitrogens with one attached hydrogen (secondary N) is 1. The van der Waals surface area contributed by atoms with E-state index in [1.54, 1.807) is 0 Å². The van der Waals surface area contributed by atoms with Crippen LogP contribution in [0, 0.1) is 12.3 Å². The number of benzene rings is 2. The standard InChI is InChI=1S/C20H19N3O2S/c1-13-8-9-16-14(10-13)11-20(12-22(16)2)17(24)21-19(26)23(18(20)25)15-6-4-3-5-7-15/h3-10H,11-12H2,1-2H3,(H,21,24,26)/t20-/m1/s1. The minimum atomic E-state index is -1.19. The fourth-order valence-corrected chi connectivity index (χ4v) is 4.16. The van der Waals surface area contributed by atoms with Crippen LogP contribution in [0.5, 0.6) is 0 Å². The average molecular weight is 365 g/mol. The van der Waals surface area contributed by atoms with E-state index in [0.29, 0.717) is 18.7 Å². The van der Waals surface area contributed by atoms with Gasteiger partial charge in [0.2, 0.25) is 5.91 Å². The van der Waals surface area contributed by atoms with E-state index in [0.717, 1.165) is 16.8 Å². The molecule has 1 fully saturated rings. The number of para-hydroxylation sites is 1. The van der Waals surface area contributed by atoms with Crippen molar-refractivity contribution in [3.05, 3.63) is 59.7 Å². The third kappa shape index (κ3) is 2.41. The van der Waals surface area contributed by atoms with Gasteiger partial charge < -0.3 is 10.2 Å². The van der Waals surface area contributed by atoms with Crippen molar-refractivity contribution in [1.82, 2.24) is 5.32 Å². The van der Waals surface area contributed by atoms with Gasteiger partial charge in [0.25, 0.3) is 5.91 Å². The summed E-state index contributed by atoms with van der Waals surface area (Å²) in [5.41, 5.74) is 2.64. The van der Waals surface area contributed by atoms with E-state index >= 15 is 0 Å². The molecule has 2 aliphatic heterocycles. The molecule has 0 radical (unpaired) electrons. The van der Waals surface area contributed by atoms with E-state index in [9.17, 15) is 9.59 Å². The Morgan fingerprint density at radius 3 is 2.58 bits per heavy atom. The van der Waals surface area contributed by atoms with Gasteiger partial charge in [0, 0.05) is 19.3 Å². The van der Waals surface area contributed by atoms with Gasteiger partial charge in [-0.05, 0) is 49.3 Å². The summed E-state index contributed by atoms with van der Waals surface area (Å²) >= 11 is 5.30. The fourth-order valence-electron chi connectivity index (χ4n) is 3.88. The highest BCUT2D eigenvalue weighted by Crippen LogP contribution is 2.40. The molecule has 1 atom stereocenters. The highest BCUT2D eigenvalue weighted by atomic mass is 32.1. The molecule has 6 heteroatoms. The molecule has 2 aliphatic rings. The normalized spacial score (nSPS) is 22.5. The first-order valence-electron chi connectivity index (χ1n) is 8.48. The molecule has 0 aromatic heterocycles. The average Bonchev–Trinajstić information content (AvgIpc) is 2.61. The van der Waals surface area contributed by atoms with Crippen LogP contribution < -0.4 is 15.1 Å². The lowest BCUT2D eigenvalue weighted by molar-refractivity contribution is -0.141. The Hall–Kier alpha value is -2.73. The van der Waals surface area contributed by atoms with E-state index in [4.69, 9.17) is 12.2 Å². The minimum Gasteiger partial charge on any atom is -0.373 e. The topological polar surface area (TPSA) is 52.7 Å². The van der Waals surface area contributed by atoms with E-state index in [2.05, 4.69) is 5.32 Å². The zero-order chi connectivity index (χ0) is 18.5. The molecule has 5 nitrogen and oxygen atoms in total. The molecule has 0 unspecified atom stereocenters. The maximum Gasteiger partial charge on any atom is 0.251 e. The summed E-state index contributed by atoms with van der Waals surface area (Å²) in [5, 5.41) is 2.89. The minimum absolute atomic E-state index is 0.134. The lowest BCUT2D eigenvalue weighted by Crippen LogP contribution is -2.68. The second-order valence-corrected chi connectivity index (χ2v) is 7.37. The lowest BCUT2D eigenvalue weighted by Gasteiger charge is -2.46. The molecule has 1 N–H and O–H groups in total. The van der Waals surface area contributed by atoms with E-state index < -0.39 is 5.41 Å². The van der Waals surface area contributed by atoms with Crippen molar-refractivity contribution in [3.8, 4) is 0 Å². The summed E-state index contributed by atoms with van der Waals surface area (Å²) < 4.78 is 0. The van der Waals surface area contributed by atoms with E-state index in [1.807, 2.05) is 67.4 Å². The molecule has 0 aliphatic carbocycles. The van der Waals surface area contributed by atoms with Crippen molar-refractivity contribution in [1.29, 1.82) is 0 Å². The molecular formula is C20H19N3O2S. The van der Waals surface area contributed by atoms with Crippen LogP contribution in [-0.2, 0) is 16.0 Å². The summed E-state index contributed by atoms with van der Waals surface area (Å²) in [6.07, 6.45) is 0.366. The van der Waals surface area contributed by atoms with Crippen LogP contribution in [0.4, 0.5) is 11.4 Å². The molecule has 132 valence electrons. The second-order valence-electron chi connectivity index (χ2n) is 6.98. The lowest BCUT2D eigenvalue weighted by atomic mass is 9.74. The predicted octanol–water partition coefficient (Wildman–Crippen LogP) is 2.42. The van der Waals surface area contributed by atoms with Crippen LogP contribution in [0.3, 0.4) is 0 Å². The molecule has 2 aromatic carbocycles. The SMILES string of the molecule is Cc1ccc2c(c1)C[C@@]1(CN2C)C(=O)NC(=S)N(c2ccccc2)C1=O. The summed E-state index contributed by atoms with van der Waals surface area (Å²) in [4.78, 5) is 29.9. The summed E-state index contributed by atoms with van der Waals surface area (Å²) in [6.45, 7) is 2.33. The molecule has 26 heavy (non-hydrogen) atoms. The molecule has 2 aromatic rings. The van der Waals surface area contributed by atoms with Gasteiger partial charge in [-0.15, -0.1) is 0 Å². The Morgan fingerprint density at radius 2 is 1.85 bits per heavy atom. The van der Waals surface area contributed by atoms with Gasteiger partial charge in [0.15, 0.2) is 10.5 Å². The van der Waals surface area contributed by atoms with Gasteiger partial charge in [0.1, 0.15) is 0 Å². The monoisotopic (exact) mass is 365 g/mol. The smallest absolute Gasteiger partial charge is 0.251 e. The number of fused-ring (bicyclic) bond motifs is 1. The van der Waals surface area contributed by atoms with Crippen LogP contribution in [0.2, 0.25) is 0 Å². The van der Waals surface area contributed by atoms with Crippen molar-refractivity contribution >= 4 is 40.5 Å². The van der Waals surface area contributed by atoms with Crippen LogP contribution in [0.15, 0.2) is 48.5 Å². The van der Waals surface area contributed by atoms with Crippen LogP contribution >= 0.6 is 12.2 Å². The fraction of sp³-hybridized carbons (Fsp3) is 0.250. The Kier molecular flexibility index (Phi) is 3.80. The van der Waals surface area contributed by atoms with E-state index in [1.165, 1.54) is 4.90 Å². The van der Waals surface area contributed by atoms with Crippen LogP contribution in [-0.4, -0.2) is 30.5 Å². The predicted molar refractivity (Wildman–Crippen MR) is 105 cm³/mol. The number of rotatable bonds is 1.